The molecule has 0 amide bonds. The average Bonchev–Trinajstić information content (AvgIpc) is 2.88. The SMILES string of the molecule is CI.ClC1CCCCO1.O=C(O)c1ccccc1.O=C(OC1CCCCO1)c1ccccc1. The fourth-order valence-electron chi connectivity index (χ4n) is 2.85. The number of carbonyl (C=O) groups excluding carboxylic acids is 1. The number of esters is 1. The molecule has 2 unspecified atom stereocenters. The van der Waals surface area contributed by atoms with Gasteiger partial charge >= 0.3 is 11.9 Å². The van der Waals surface area contributed by atoms with Crippen molar-refractivity contribution in [3.63, 3.8) is 0 Å². The first-order valence-electron chi connectivity index (χ1n) is 10.9. The Morgan fingerprint density at radius 3 is 1.73 bits per heavy atom. The summed E-state index contributed by atoms with van der Waals surface area (Å²) in [4.78, 5) is 23.8. The van der Waals surface area contributed by atoms with Gasteiger partial charge in [0.15, 0.2) is 0 Å². The minimum atomic E-state index is -0.879. The van der Waals surface area contributed by atoms with Gasteiger partial charge in [-0.2, -0.15) is 0 Å². The first-order valence-corrected chi connectivity index (χ1v) is 13.4. The summed E-state index contributed by atoms with van der Waals surface area (Å²) in [5.74, 6) is -1.18. The number of hydrogen-bond donors (Lipinski definition) is 1. The van der Waals surface area contributed by atoms with Crippen molar-refractivity contribution >= 4 is 46.1 Å². The van der Waals surface area contributed by atoms with Crippen LogP contribution in [0.25, 0.3) is 0 Å². The van der Waals surface area contributed by atoms with Crippen molar-refractivity contribution in [2.75, 3.05) is 18.1 Å². The molecule has 0 aromatic heterocycles. The molecular weight excluding hydrogens is 559 g/mol. The van der Waals surface area contributed by atoms with E-state index in [4.69, 9.17) is 30.9 Å². The third-order valence-corrected chi connectivity index (χ3v) is 4.87. The summed E-state index contributed by atoms with van der Waals surface area (Å²) in [6.45, 7) is 1.54. The van der Waals surface area contributed by atoms with Crippen LogP contribution in [0.15, 0.2) is 60.7 Å². The lowest BCUT2D eigenvalue weighted by Crippen LogP contribution is -2.25. The second kappa shape index (κ2) is 18.7. The van der Waals surface area contributed by atoms with Crippen LogP contribution in [0.5, 0.6) is 0 Å². The Bertz CT molecular complexity index is 763. The van der Waals surface area contributed by atoms with E-state index in [1.54, 1.807) is 42.5 Å². The molecule has 0 aliphatic carbocycles. The van der Waals surface area contributed by atoms with Crippen molar-refractivity contribution in [2.24, 2.45) is 0 Å². The maximum absolute atomic E-state index is 11.6. The molecule has 8 heteroatoms. The number of carboxylic acids is 1. The molecule has 1 N–H and O–H groups in total. The number of aromatic carboxylic acids is 1. The van der Waals surface area contributed by atoms with Crippen molar-refractivity contribution in [3.05, 3.63) is 71.8 Å². The molecule has 2 saturated heterocycles. The maximum atomic E-state index is 11.6. The van der Waals surface area contributed by atoms with E-state index >= 15 is 0 Å². The standard InChI is InChI=1S/C12H14O3.C7H6O2.C5H9ClO.CH3I/c13-12(10-6-2-1-3-7-10)15-11-8-4-5-9-14-11;8-7(9)6-4-2-1-3-5-6;6-5-3-1-2-4-7-5;1-2/h1-3,6-7,11H,4-5,8-9H2;1-5H,(H,8,9);5H,1-4H2;1H3. The summed E-state index contributed by atoms with van der Waals surface area (Å²) >= 11 is 7.74. The molecule has 182 valence electrons. The highest BCUT2D eigenvalue weighted by Gasteiger charge is 2.18. The molecule has 2 fully saturated rings. The normalized spacial score (nSPS) is 19.1. The van der Waals surface area contributed by atoms with Gasteiger partial charge in [-0.05, 0) is 61.3 Å². The average molecular weight is 591 g/mol. The number of ether oxygens (including phenoxy) is 3. The van der Waals surface area contributed by atoms with Gasteiger partial charge in [-0.1, -0.05) is 70.6 Å². The Labute approximate surface area is 214 Å². The molecule has 2 heterocycles. The summed E-state index contributed by atoms with van der Waals surface area (Å²) in [5.41, 5.74) is 0.915. The van der Waals surface area contributed by atoms with Crippen LogP contribution in [0.4, 0.5) is 0 Å². The van der Waals surface area contributed by atoms with Crippen LogP contribution in [0.1, 0.15) is 59.2 Å². The quantitative estimate of drug-likeness (QED) is 0.248. The van der Waals surface area contributed by atoms with Crippen LogP contribution in [-0.4, -0.2) is 47.0 Å². The Morgan fingerprint density at radius 2 is 1.36 bits per heavy atom. The van der Waals surface area contributed by atoms with Crippen LogP contribution in [0, 0.1) is 0 Å². The Morgan fingerprint density at radius 1 is 0.848 bits per heavy atom. The lowest BCUT2D eigenvalue weighted by atomic mass is 10.2. The molecule has 0 saturated carbocycles. The minimum absolute atomic E-state index is 0.00810. The summed E-state index contributed by atoms with van der Waals surface area (Å²) in [6.07, 6.45) is 6.01. The number of rotatable bonds is 3. The molecule has 2 aromatic carbocycles. The van der Waals surface area contributed by atoms with Gasteiger partial charge in [0.25, 0.3) is 0 Å². The van der Waals surface area contributed by atoms with Crippen LogP contribution in [0.3, 0.4) is 0 Å². The van der Waals surface area contributed by atoms with Crippen LogP contribution in [0.2, 0.25) is 0 Å². The lowest BCUT2D eigenvalue weighted by molar-refractivity contribution is -0.131. The second-order valence-corrected chi connectivity index (χ2v) is 7.50. The van der Waals surface area contributed by atoms with Gasteiger partial charge in [0.2, 0.25) is 6.29 Å². The van der Waals surface area contributed by atoms with E-state index < -0.39 is 5.97 Å². The van der Waals surface area contributed by atoms with Gasteiger partial charge in [0, 0.05) is 13.0 Å². The fraction of sp³-hybridized carbons (Fsp3) is 0.440. The molecule has 2 aliphatic heterocycles. The fourth-order valence-corrected chi connectivity index (χ4v) is 3.09. The number of halogens is 2. The first-order chi connectivity index (χ1) is 16.1. The van der Waals surface area contributed by atoms with Crippen LogP contribution >= 0.6 is 34.2 Å². The van der Waals surface area contributed by atoms with Gasteiger partial charge in [0.05, 0.1) is 17.7 Å². The summed E-state index contributed by atoms with van der Waals surface area (Å²) in [5, 5.41) is 8.38. The topological polar surface area (TPSA) is 82.1 Å². The molecule has 2 aromatic rings. The molecule has 4 rings (SSSR count). The summed E-state index contributed by atoms with van der Waals surface area (Å²) in [6, 6.07) is 17.3. The predicted octanol–water partition coefficient (Wildman–Crippen LogP) is 6.56. The third kappa shape index (κ3) is 13.6. The number of carboxylic acid groups (broad SMARTS) is 1. The van der Waals surface area contributed by atoms with Crippen LogP contribution in [-0.2, 0) is 14.2 Å². The maximum Gasteiger partial charge on any atom is 0.340 e. The smallest absolute Gasteiger partial charge is 0.340 e. The third-order valence-electron chi connectivity index (χ3n) is 4.53. The highest BCUT2D eigenvalue weighted by atomic mass is 127. The van der Waals surface area contributed by atoms with Crippen molar-refractivity contribution < 1.29 is 28.9 Å². The largest absolute Gasteiger partial charge is 0.478 e. The first kappa shape index (κ1) is 29.4. The molecule has 0 spiro atoms. The number of benzene rings is 2. The summed E-state index contributed by atoms with van der Waals surface area (Å²) < 4.78 is 15.6. The molecular formula is C25H32ClIO6. The van der Waals surface area contributed by atoms with Crippen LogP contribution < -0.4 is 0 Å². The molecule has 2 atom stereocenters. The van der Waals surface area contributed by atoms with E-state index in [2.05, 4.69) is 22.6 Å². The van der Waals surface area contributed by atoms with Gasteiger partial charge in [-0.3, -0.25) is 0 Å². The second-order valence-electron chi connectivity index (χ2n) is 7.02. The Kier molecular flexibility index (Phi) is 16.6. The number of carbonyl (C=O) groups is 2. The molecule has 6 nitrogen and oxygen atoms in total. The van der Waals surface area contributed by atoms with Crippen molar-refractivity contribution in [2.45, 2.75) is 50.4 Å². The van der Waals surface area contributed by atoms with Crippen molar-refractivity contribution in [1.29, 1.82) is 0 Å². The molecule has 0 radical (unpaired) electrons. The van der Waals surface area contributed by atoms with Gasteiger partial charge in [-0.15, -0.1) is 0 Å². The Hall–Kier alpha value is -1.68. The molecule has 33 heavy (non-hydrogen) atoms. The van der Waals surface area contributed by atoms with Gasteiger partial charge in [0.1, 0.15) is 5.56 Å². The number of hydrogen-bond acceptors (Lipinski definition) is 5. The van der Waals surface area contributed by atoms with Gasteiger partial charge in [-0.25, -0.2) is 9.59 Å². The van der Waals surface area contributed by atoms with Gasteiger partial charge < -0.3 is 19.3 Å². The lowest BCUT2D eigenvalue weighted by Gasteiger charge is -2.22. The molecule has 0 bridgehead atoms. The van der Waals surface area contributed by atoms with Crippen molar-refractivity contribution in [3.8, 4) is 0 Å². The molecule has 2 aliphatic rings. The summed E-state index contributed by atoms with van der Waals surface area (Å²) in [7, 11) is 0. The van der Waals surface area contributed by atoms with E-state index in [0.717, 1.165) is 32.3 Å². The highest BCUT2D eigenvalue weighted by Crippen LogP contribution is 2.16. The van der Waals surface area contributed by atoms with E-state index in [9.17, 15) is 9.59 Å². The van der Waals surface area contributed by atoms with E-state index in [0.29, 0.717) is 17.7 Å². The van der Waals surface area contributed by atoms with E-state index in [1.165, 1.54) is 12.8 Å². The van der Waals surface area contributed by atoms with E-state index in [-0.39, 0.29) is 17.8 Å². The van der Waals surface area contributed by atoms with Crippen molar-refractivity contribution in [1.82, 2.24) is 0 Å². The van der Waals surface area contributed by atoms with E-state index in [1.807, 2.05) is 23.1 Å². The zero-order chi connectivity index (χ0) is 24.3. The number of alkyl halides is 2. The highest BCUT2D eigenvalue weighted by molar-refractivity contribution is 14.1. The predicted molar refractivity (Wildman–Crippen MR) is 138 cm³/mol. The zero-order valence-corrected chi connectivity index (χ0v) is 21.7. The zero-order valence-electron chi connectivity index (χ0n) is 18.8. The Balaban J connectivity index is 0.000000258. The monoisotopic (exact) mass is 590 g/mol. The minimum Gasteiger partial charge on any atom is -0.478 e.